The fourth-order valence-corrected chi connectivity index (χ4v) is 2.54. The predicted octanol–water partition coefficient (Wildman–Crippen LogP) is 2.26. The number of hydrogen-bond donors (Lipinski definition) is 0. The van der Waals surface area contributed by atoms with Gasteiger partial charge in [-0.25, -0.2) is 0 Å². The largest absolute Gasteiger partial charge is 0.305 e. The molecule has 0 aliphatic carbocycles. The first-order valence-electron chi connectivity index (χ1n) is 6.14. The standard InChI is InChI=1S/C13H20ClN3/c1-16(2)13-4-3-7-17(10-13)9-12-8-11(14)5-6-15-12/h5-6,8,13H,3-4,7,9-10H2,1-2H3. The molecule has 1 aliphatic rings. The third kappa shape index (κ3) is 3.66. The van der Waals surface area contributed by atoms with Crippen molar-refractivity contribution in [2.75, 3.05) is 27.2 Å². The van der Waals surface area contributed by atoms with Crippen LogP contribution in [0.3, 0.4) is 0 Å². The van der Waals surface area contributed by atoms with E-state index in [0.29, 0.717) is 6.04 Å². The molecule has 94 valence electrons. The number of piperidine rings is 1. The molecule has 1 aromatic rings. The molecule has 0 bridgehead atoms. The summed E-state index contributed by atoms with van der Waals surface area (Å²) in [5, 5.41) is 0.774. The summed E-state index contributed by atoms with van der Waals surface area (Å²) < 4.78 is 0. The lowest BCUT2D eigenvalue weighted by Crippen LogP contribution is -2.44. The minimum atomic E-state index is 0.669. The van der Waals surface area contributed by atoms with E-state index >= 15 is 0 Å². The topological polar surface area (TPSA) is 19.4 Å². The van der Waals surface area contributed by atoms with Crippen LogP contribution in [0.25, 0.3) is 0 Å². The minimum Gasteiger partial charge on any atom is -0.305 e. The average Bonchev–Trinajstić information content (AvgIpc) is 2.29. The van der Waals surface area contributed by atoms with E-state index in [2.05, 4.69) is 28.9 Å². The molecule has 0 saturated carbocycles. The maximum Gasteiger partial charge on any atom is 0.0558 e. The maximum absolute atomic E-state index is 5.97. The fourth-order valence-electron chi connectivity index (χ4n) is 2.36. The van der Waals surface area contributed by atoms with Gasteiger partial charge in [0.05, 0.1) is 5.69 Å². The summed E-state index contributed by atoms with van der Waals surface area (Å²) in [6.45, 7) is 3.20. The SMILES string of the molecule is CN(C)C1CCCN(Cc2cc(Cl)ccn2)C1. The lowest BCUT2D eigenvalue weighted by Gasteiger charge is -2.35. The van der Waals surface area contributed by atoms with Crippen molar-refractivity contribution < 1.29 is 0 Å². The summed E-state index contributed by atoms with van der Waals surface area (Å²) in [6, 6.07) is 4.45. The zero-order valence-electron chi connectivity index (χ0n) is 10.6. The monoisotopic (exact) mass is 253 g/mol. The van der Waals surface area contributed by atoms with E-state index in [1.165, 1.54) is 19.4 Å². The molecule has 0 N–H and O–H groups in total. The quantitative estimate of drug-likeness (QED) is 0.824. The molecule has 0 aromatic carbocycles. The van der Waals surface area contributed by atoms with Gasteiger partial charge in [0.2, 0.25) is 0 Å². The molecule has 1 fully saturated rings. The number of hydrogen-bond acceptors (Lipinski definition) is 3. The molecule has 1 aromatic heterocycles. The Balaban J connectivity index is 1.94. The van der Waals surface area contributed by atoms with Crippen LogP contribution < -0.4 is 0 Å². The average molecular weight is 254 g/mol. The van der Waals surface area contributed by atoms with Crippen molar-refractivity contribution >= 4 is 11.6 Å². The van der Waals surface area contributed by atoms with E-state index < -0.39 is 0 Å². The first-order chi connectivity index (χ1) is 8.15. The van der Waals surface area contributed by atoms with E-state index in [9.17, 15) is 0 Å². The third-order valence-electron chi connectivity index (χ3n) is 3.38. The highest BCUT2D eigenvalue weighted by atomic mass is 35.5. The van der Waals surface area contributed by atoms with Gasteiger partial charge in [-0.1, -0.05) is 11.6 Å². The van der Waals surface area contributed by atoms with Gasteiger partial charge in [0.25, 0.3) is 0 Å². The van der Waals surface area contributed by atoms with E-state index in [1.807, 2.05) is 12.1 Å². The minimum absolute atomic E-state index is 0.669. The smallest absolute Gasteiger partial charge is 0.0558 e. The number of likely N-dealkylation sites (tertiary alicyclic amines) is 1. The maximum atomic E-state index is 5.97. The van der Waals surface area contributed by atoms with Crippen LogP contribution in [0.5, 0.6) is 0 Å². The Hall–Kier alpha value is -0.640. The van der Waals surface area contributed by atoms with E-state index in [1.54, 1.807) is 6.20 Å². The summed E-state index contributed by atoms with van der Waals surface area (Å²) in [5.41, 5.74) is 1.07. The molecule has 1 aliphatic heterocycles. The number of aromatic nitrogens is 1. The summed E-state index contributed by atoms with van der Waals surface area (Å²) in [4.78, 5) is 9.15. The predicted molar refractivity (Wildman–Crippen MR) is 71.2 cm³/mol. The van der Waals surface area contributed by atoms with Crippen LogP contribution in [0, 0.1) is 0 Å². The molecule has 2 rings (SSSR count). The highest BCUT2D eigenvalue weighted by molar-refractivity contribution is 6.30. The summed E-state index contributed by atoms with van der Waals surface area (Å²) in [5.74, 6) is 0. The van der Waals surface area contributed by atoms with E-state index in [4.69, 9.17) is 11.6 Å². The van der Waals surface area contributed by atoms with Crippen molar-refractivity contribution in [3.05, 3.63) is 29.0 Å². The Morgan fingerprint density at radius 3 is 3.06 bits per heavy atom. The third-order valence-corrected chi connectivity index (χ3v) is 3.61. The zero-order valence-corrected chi connectivity index (χ0v) is 11.3. The van der Waals surface area contributed by atoms with Crippen molar-refractivity contribution in [1.29, 1.82) is 0 Å². The molecule has 1 saturated heterocycles. The van der Waals surface area contributed by atoms with E-state index in [-0.39, 0.29) is 0 Å². The van der Waals surface area contributed by atoms with Gasteiger partial charge in [-0.15, -0.1) is 0 Å². The number of pyridine rings is 1. The zero-order chi connectivity index (χ0) is 12.3. The van der Waals surface area contributed by atoms with Crippen LogP contribution in [-0.4, -0.2) is 48.0 Å². The highest BCUT2D eigenvalue weighted by Gasteiger charge is 2.21. The molecular formula is C13H20ClN3. The highest BCUT2D eigenvalue weighted by Crippen LogP contribution is 2.16. The first-order valence-corrected chi connectivity index (χ1v) is 6.52. The second-order valence-corrected chi connectivity index (χ2v) is 5.40. The normalized spacial score (nSPS) is 22.0. The van der Waals surface area contributed by atoms with Crippen molar-refractivity contribution in [2.24, 2.45) is 0 Å². The van der Waals surface area contributed by atoms with Gasteiger partial charge >= 0.3 is 0 Å². The molecule has 2 heterocycles. The lowest BCUT2D eigenvalue weighted by atomic mass is 10.0. The Morgan fingerprint density at radius 2 is 2.35 bits per heavy atom. The summed E-state index contributed by atoms with van der Waals surface area (Å²) in [7, 11) is 4.32. The van der Waals surface area contributed by atoms with Gasteiger partial charge in [0.1, 0.15) is 0 Å². The Labute approximate surface area is 108 Å². The first kappa shape index (κ1) is 12.8. The Morgan fingerprint density at radius 1 is 1.53 bits per heavy atom. The lowest BCUT2D eigenvalue weighted by molar-refractivity contribution is 0.127. The van der Waals surface area contributed by atoms with Gasteiger partial charge < -0.3 is 4.90 Å². The van der Waals surface area contributed by atoms with Crippen molar-refractivity contribution in [3.63, 3.8) is 0 Å². The molecule has 4 heteroatoms. The molecule has 0 radical (unpaired) electrons. The molecular weight excluding hydrogens is 234 g/mol. The van der Waals surface area contributed by atoms with E-state index in [0.717, 1.165) is 23.8 Å². The second-order valence-electron chi connectivity index (χ2n) is 4.96. The van der Waals surface area contributed by atoms with Crippen molar-refractivity contribution in [3.8, 4) is 0 Å². The number of rotatable bonds is 3. The van der Waals surface area contributed by atoms with Crippen LogP contribution in [0.2, 0.25) is 5.02 Å². The van der Waals surface area contributed by atoms with Gasteiger partial charge in [-0.3, -0.25) is 9.88 Å². The summed E-state index contributed by atoms with van der Waals surface area (Å²) >= 11 is 5.97. The van der Waals surface area contributed by atoms with Crippen LogP contribution >= 0.6 is 11.6 Å². The number of nitrogens with zero attached hydrogens (tertiary/aromatic N) is 3. The van der Waals surface area contributed by atoms with Crippen molar-refractivity contribution in [2.45, 2.75) is 25.4 Å². The Kier molecular flexibility index (Phi) is 4.37. The second kappa shape index (κ2) is 5.80. The molecule has 1 atom stereocenters. The summed E-state index contributed by atoms with van der Waals surface area (Å²) in [6.07, 6.45) is 4.35. The van der Waals surface area contributed by atoms with Crippen LogP contribution in [-0.2, 0) is 6.54 Å². The number of halogens is 1. The van der Waals surface area contributed by atoms with Gasteiger partial charge in [-0.2, -0.15) is 0 Å². The van der Waals surface area contributed by atoms with Crippen LogP contribution in [0.1, 0.15) is 18.5 Å². The van der Waals surface area contributed by atoms with Gasteiger partial charge in [-0.05, 0) is 45.6 Å². The van der Waals surface area contributed by atoms with Crippen LogP contribution in [0.4, 0.5) is 0 Å². The van der Waals surface area contributed by atoms with Crippen molar-refractivity contribution in [1.82, 2.24) is 14.8 Å². The van der Waals surface area contributed by atoms with Gasteiger partial charge in [0.15, 0.2) is 0 Å². The fraction of sp³-hybridized carbons (Fsp3) is 0.615. The van der Waals surface area contributed by atoms with Gasteiger partial charge in [0, 0.05) is 30.4 Å². The van der Waals surface area contributed by atoms with Crippen LogP contribution in [0.15, 0.2) is 18.3 Å². The molecule has 0 amide bonds. The molecule has 1 unspecified atom stereocenters. The molecule has 0 spiro atoms. The molecule has 17 heavy (non-hydrogen) atoms. The Bertz CT molecular complexity index is 367. The molecule has 3 nitrogen and oxygen atoms in total. The number of likely N-dealkylation sites (N-methyl/N-ethyl adjacent to an activating group) is 1.